The Hall–Kier alpha value is -2.25. The van der Waals surface area contributed by atoms with Crippen LogP contribution in [0, 0.1) is 33.6 Å². The number of aryl methyl sites for hydroxylation is 4. The van der Waals surface area contributed by atoms with Gasteiger partial charge in [0.25, 0.3) is 0 Å². The van der Waals surface area contributed by atoms with Crippen LogP contribution in [0.1, 0.15) is 34.5 Å². The molecule has 0 aliphatic carbocycles. The second-order valence-electron chi connectivity index (χ2n) is 7.54. The van der Waals surface area contributed by atoms with E-state index in [0.717, 1.165) is 46.8 Å². The SMILES string of the molecule is Cc1cccc(C)c1NC(=O)C1CCCN(CC(=O)Nc2nc(C)c(C)s2)C1. The Kier molecular flexibility index (Phi) is 6.46. The molecule has 2 N–H and O–H groups in total. The van der Waals surface area contributed by atoms with Crippen LogP contribution in [0.3, 0.4) is 0 Å². The first-order valence-electron chi connectivity index (χ1n) is 9.67. The van der Waals surface area contributed by atoms with Crippen molar-refractivity contribution in [1.82, 2.24) is 9.88 Å². The lowest BCUT2D eigenvalue weighted by Gasteiger charge is -2.31. The molecule has 1 atom stereocenters. The normalized spacial score (nSPS) is 17.4. The molecule has 2 heterocycles. The number of para-hydroxylation sites is 1. The molecule has 2 aromatic rings. The third-order valence-corrected chi connectivity index (χ3v) is 6.24. The summed E-state index contributed by atoms with van der Waals surface area (Å²) in [6, 6.07) is 6.00. The number of benzene rings is 1. The molecule has 3 rings (SSSR count). The van der Waals surface area contributed by atoms with Crippen LogP contribution < -0.4 is 10.6 Å². The van der Waals surface area contributed by atoms with Gasteiger partial charge in [0, 0.05) is 17.1 Å². The first-order chi connectivity index (χ1) is 13.3. The molecular formula is C21H28N4O2S. The molecule has 6 nitrogen and oxygen atoms in total. The summed E-state index contributed by atoms with van der Waals surface area (Å²) in [5.41, 5.74) is 3.97. The van der Waals surface area contributed by atoms with Gasteiger partial charge in [-0.3, -0.25) is 14.5 Å². The monoisotopic (exact) mass is 400 g/mol. The summed E-state index contributed by atoms with van der Waals surface area (Å²) in [5, 5.41) is 6.61. The van der Waals surface area contributed by atoms with Crippen LogP contribution in [0.2, 0.25) is 0 Å². The topological polar surface area (TPSA) is 74.3 Å². The highest BCUT2D eigenvalue weighted by atomic mass is 32.1. The number of amides is 2. The minimum absolute atomic E-state index is 0.0358. The molecule has 150 valence electrons. The summed E-state index contributed by atoms with van der Waals surface area (Å²) in [5.74, 6) is -0.150. The van der Waals surface area contributed by atoms with Crippen molar-refractivity contribution in [3.05, 3.63) is 39.9 Å². The molecule has 0 bridgehead atoms. The number of piperidine rings is 1. The summed E-state index contributed by atoms with van der Waals surface area (Å²) >= 11 is 1.49. The lowest BCUT2D eigenvalue weighted by Crippen LogP contribution is -2.44. The molecule has 1 aliphatic heterocycles. The third kappa shape index (κ3) is 4.97. The minimum atomic E-state index is -0.107. The number of carbonyl (C=O) groups excluding carboxylic acids is 2. The summed E-state index contributed by atoms with van der Waals surface area (Å²) < 4.78 is 0. The van der Waals surface area contributed by atoms with Crippen LogP contribution in [0.25, 0.3) is 0 Å². The maximum absolute atomic E-state index is 12.8. The van der Waals surface area contributed by atoms with Crippen LogP contribution in [0.4, 0.5) is 10.8 Å². The molecular weight excluding hydrogens is 372 g/mol. The van der Waals surface area contributed by atoms with E-state index in [1.165, 1.54) is 11.3 Å². The van der Waals surface area contributed by atoms with Crippen molar-refractivity contribution in [3.63, 3.8) is 0 Å². The maximum atomic E-state index is 12.8. The fourth-order valence-electron chi connectivity index (χ4n) is 3.54. The number of aromatic nitrogens is 1. The molecule has 7 heteroatoms. The highest BCUT2D eigenvalue weighted by Crippen LogP contribution is 2.24. The molecule has 1 aromatic carbocycles. The van der Waals surface area contributed by atoms with E-state index in [1.807, 2.05) is 45.9 Å². The van der Waals surface area contributed by atoms with E-state index in [-0.39, 0.29) is 24.3 Å². The number of rotatable bonds is 5. The number of carbonyl (C=O) groups is 2. The highest BCUT2D eigenvalue weighted by molar-refractivity contribution is 7.15. The second-order valence-corrected chi connectivity index (χ2v) is 8.74. The van der Waals surface area contributed by atoms with Gasteiger partial charge in [-0.25, -0.2) is 4.98 Å². The predicted octanol–water partition coefficient (Wildman–Crippen LogP) is 3.67. The first kappa shape index (κ1) is 20.5. The number of thiazole rings is 1. The van der Waals surface area contributed by atoms with Crippen LogP contribution >= 0.6 is 11.3 Å². The number of anilines is 2. The molecule has 1 aromatic heterocycles. The van der Waals surface area contributed by atoms with Gasteiger partial charge in [-0.2, -0.15) is 0 Å². The Morgan fingerprint density at radius 3 is 2.54 bits per heavy atom. The zero-order valence-electron chi connectivity index (χ0n) is 17.0. The highest BCUT2D eigenvalue weighted by Gasteiger charge is 2.27. The van der Waals surface area contributed by atoms with Gasteiger partial charge in [-0.15, -0.1) is 11.3 Å². The Morgan fingerprint density at radius 1 is 1.18 bits per heavy atom. The zero-order chi connectivity index (χ0) is 20.3. The number of nitrogens with zero attached hydrogens (tertiary/aromatic N) is 2. The predicted molar refractivity (Wildman–Crippen MR) is 114 cm³/mol. The van der Waals surface area contributed by atoms with Crippen molar-refractivity contribution in [2.24, 2.45) is 5.92 Å². The molecule has 1 aliphatic rings. The lowest BCUT2D eigenvalue weighted by atomic mass is 9.96. The van der Waals surface area contributed by atoms with Crippen molar-refractivity contribution in [2.75, 3.05) is 30.3 Å². The molecule has 0 saturated carbocycles. The van der Waals surface area contributed by atoms with Crippen molar-refractivity contribution in [1.29, 1.82) is 0 Å². The molecule has 1 fully saturated rings. The fraction of sp³-hybridized carbons (Fsp3) is 0.476. The van der Waals surface area contributed by atoms with E-state index in [1.54, 1.807) is 0 Å². The Bertz CT molecular complexity index is 838. The average molecular weight is 401 g/mol. The molecule has 0 spiro atoms. The van der Waals surface area contributed by atoms with Crippen LogP contribution in [0.5, 0.6) is 0 Å². The van der Waals surface area contributed by atoms with Gasteiger partial charge in [-0.05, 0) is 58.2 Å². The van der Waals surface area contributed by atoms with Crippen molar-refractivity contribution >= 4 is 34.0 Å². The van der Waals surface area contributed by atoms with Gasteiger partial charge in [0.15, 0.2) is 5.13 Å². The fourth-order valence-corrected chi connectivity index (χ4v) is 4.37. The van der Waals surface area contributed by atoms with Gasteiger partial charge < -0.3 is 10.6 Å². The van der Waals surface area contributed by atoms with Crippen molar-refractivity contribution in [2.45, 2.75) is 40.5 Å². The lowest BCUT2D eigenvalue weighted by molar-refractivity contribution is -0.123. The Balaban J connectivity index is 1.56. The second kappa shape index (κ2) is 8.84. The van der Waals surface area contributed by atoms with Gasteiger partial charge in [-0.1, -0.05) is 18.2 Å². The van der Waals surface area contributed by atoms with Crippen LogP contribution in [-0.4, -0.2) is 41.3 Å². The summed E-state index contributed by atoms with van der Waals surface area (Å²) in [6.45, 7) is 9.64. The van der Waals surface area contributed by atoms with Gasteiger partial charge in [0.2, 0.25) is 11.8 Å². The number of nitrogens with one attached hydrogen (secondary N) is 2. The smallest absolute Gasteiger partial charge is 0.240 e. The quantitative estimate of drug-likeness (QED) is 0.803. The Labute approximate surface area is 170 Å². The van der Waals surface area contributed by atoms with Crippen LogP contribution in [-0.2, 0) is 9.59 Å². The number of hydrogen-bond donors (Lipinski definition) is 2. The van der Waals surface area contributed by atoms with Gasteiger partial charge >= 0.3 is 0 Å². The molecule has 0 radical (unpaired) electrons. The third-order valence-electron chi connectivity index (χ3n) is 5.25. The Morgan fingerprint density at radius 2 is 1.89 bits per heavy atom. The number of likely N-dealkylation sites (tertiary alicyclic amines) is 1. The van der Waals surface area contributed by atoms with E-state index in [0.29, 0.717) is 11.7 Å². The first-order valence-corrected chi connectivity index (χ1v) is 10.5. The molecule has 1 saturated heterocycles. The maximum Gasteiger partial charge on any atom is 0.240 e. The largest absolute Gasteiger partial charge is 0.325 e. The molecule has 2 amide bonds. The van der Waals surface area contributed by atoms with Crippen molar-refractivity contribution < 1.29 is 9.59 Å². The van der Waals surface area contributed by atoms with Gasteiger partial charge in [0.1, 0.15) is 0 Å². The summed E-state index contributed by atoms with van der Waals surface area (Å²) in [7, 11) is 0. The minimum Gasteiger partial charge on any atom is -0.325 e. The van der Waals surface area contributed by atoms with Crippen LogP contribution in [0.15, 0.2) is 18.2 Å². The van der Waals surface area contributed by atoms with E-state index in [2.05, 4.69) is 20.5 Å². The zero-order valence-corrected chi connectivity index (χ0v) is 17.8. The van der Waals surface area contributed by atoms with E-state index in [4.69, 9.17) is 0 Å². The van der Waals surface area contributed by atoms with E-state index < -0.39 is 0 Å². The standard InChI is InChI=1S/C21H28N4O2S/c1-13-7-5-8-14(2)19(13)24-20(27)17-9-6-10-25(11-17)12-18(26)23-21-22-15(3)16(4)28-21/h5,7-8,17H,6,9-12H2,1-4H3,(H,24,27)(H,22,23,26). The van der Waals surface area contributed by atoms with Crippen molar-refractivity contribution in [3.8, 4) is 0 Å². The number of hydrogen-bond acceptors (Lipinski definition) is 5. The van der Waals surface area contributed by atoms with E-state index in [9.17, 15) is 9.59 Å². The van der Waals surface area contributed by atoms with E-state index >= 15 is 0 Å². The molecule has 1 unspecified atom stereocenters. The summed E-state index contributed by atoms with van der Waals surface area (Å²) in [4.78, 5) is 32.7. The molecule has 28 heavy (non-hydrogen) atoms. The van der Waals surface area contributed by atoms with Gasteiger partial charge in [0.05, 0.1) is 18.2 Å². The average Bonchev–Trinajstić information content (AvgIpc) is 2.95. The summed E-state index contributed by atoms with van der Waals surface area (Å²) in [6.07, 6.45) is 1.76.